The number of hydrogen-bond acceptors (Lipinski definition) is 7. The van der Waals surface area contributed by atoms with Gasteiger partial charge in [0.1, 0.15) is 11.3 Å². The van der Waals surface area contributed by atoms with E-state index in [-0.39, 0.29) is 10.8 Å². The molecule has 1 aromatic heterocycles. The zero-order valence-electron chi connectivity index (χ0n) is 20.9. The van der Waals surface area contributed by atoms with Gasteiger partial charge in [-0.2, -0.15) is 0 Å². The van der Waals surface area contributed by atoms with Crippen molar-refractivity contribution in [3.05, 3.63) is 77.9 Å². The topological polar surface area (TPSA) is 83.0 Å². The molecule has 10 heteroatoms. The monoisotopic (exact) mass is 536 g/mol. The fraction of sp³-hybridized carbons (Fsp3) is 0.259. The zero-order chi connectivity index (χ0) is 26.2. The van der Waals surface area contributed by atoms with Gasteiger partial charge in [0.2, 0.25) is 0 Å². The Balaban J connectivity index is 1.44. The van der Waals surface area contributed by atoms with Gasteiger partial charge in [-0.1, -0.05) is 35.6 Å². The molecule has 0 N–H and O–H groups in total. The van der Waals surface area contributed by atoms with Crippen LogP contribution in [0.4, 0.5) is 10.8 Å². The third-order valence-corrected chi connectivity index (χ3v) is 9.24. The molecule has 0 saturated carbocycles. The highest BCUT2D eigenvalue weighted by atomic mass is 32.2. The lowest BCUT2D eigenvalue weighted by Gasteiger charge is -2.22. The van der Waals surface area contributed by atoms with Crippen LogP contribution in [0.25, 0.3) is 10.2 Å². The van der Waals surface area contributed by atoms with Crippen LogP contribution in [0, 0.1) is 0 Å². The summed E-state index contributed by atoms with van der Waals surface area (Å²) in [6.45, 7) is 1.47. The third-order valence-electron chi connectivity index (χ3n) is 6.37. The number of anilines is 2. The number of likely N-dealkylation sites (N-methyl/N-ethyl adjacent to an activating group) is 1. The first kappa shape index (κ1) is 25.2. The highest BCUT2D eigenvalue weighted by Gasteiger charge is 2.31. The summed E-state index contributed by atoms with van der Waals surface area (Å²) in [5.41, 5.74) is 2.83. The van der Waals surface area contributed by atoms with Gasteiger partial charge in [-0.25, -0.2) is 13.4 Å². The SMILES string of the molecule is COc1cccc2sc(N(CCN(C)C)C(=O)c3ccc(S(=O)(=O)N4CCc5ccccc54)cc3)nc12. The molecule has 2 heterocycles. The normalized spacial score (nSPS) is 13.2. The summed E-state index contributed by atoms with van der Waals surface area (Å²) in [7, 11) is 1.75. The van der Waals surface area contributed by atoms with Gasteiger partial charge in [0.05, 0.1) is 22.4 Å². The quantitative estimate of drug-likeness (QED) is 0.335. The number of amides is 1. The van der Waals surface area contributed by atoms with Gasteiger partial charge in [-0.3, -0.25) is 14.0 Å². The number of benzene rings is 3. The molecule has 1 aliphatic rings. The highest BCUT2D eigenvalue weighted by Crippen LogP contribution is 2.35. The summed E-state index contributed by atoms with van der Waals surface area (Å²) in [6.07, 6.45) is 0.680. The van der Waals surface area contributed by atoms with Gasteiger partial charge in [-0.05, 0) is 68.5 Å². The number of methoxy groups -OCH3 is 1. The van der Waals surface area contributed by atoms with Crippen LogP contribution in [0.2, 0.25) is 0 Å². The van der Waals surface area contributed by atoms with Crippen molar-refractivity contribution in [1.82, 2.24) is 9.88 Å². The minimum atomic E-state index is -3.74. The summed E-state index contributed by atoms with van der Waals surface area (Å²) >= 11 is 1.42. The van der Waals surface area contributed by atoms with Crippen LogP contribution in [-0.2, 0) is 16.4 Å². The average molecular weight is 537 g/mol. The van der Waals surface area contributed by atoms with E-state index in [1.54, 1.807) is 24.1 Å². The number of thiazole rings is 1. The van der Waals surface area contributed by atoms with Crippen LogP contribution in [0.15, 0.2) is 71.6 Å². The molecule has 0 spiro atoms. The number of fused-ring (bicyclic) bond motifs is 2. The van der Waals surface area contributed by atoms with Crippen LogP contribution >= 0.6 is 11.3 Å². The second-order valence-corrected chi connectivity index (χ2v) is 11.9. The van der Waals surface area contributed by atoms with Crippen molar-refractivity contribution < 1.29 is 17.9 Å². The second kappa shape index (κ2) is 10.1. The fourth-order valence-corrected chi connectivity index (χ4v) is 6.90. The minimum Gasteiger partial charge on any atom is -0.494 e. The molecule has 8 nitrogen and oxygen atoms in total. The molecule has 5 rings (SSSR count). The number of aromatic nitrogens is 1. The molecule has 4 aromatic rings. The number of sulfonamides is 1. The molecule has 192 valence electrons. The summed E-state index contributed by atoms with van der Waals surface area (Å²) in [5, 5.41) is 0.566. The van der Waals surface area contributed by atoms with E-state index in [2.05, 4.69) is 0 Å². The molecule has 0 radical (unpaired) electrons. The minimum absolute atomic E-state index is 0.158. The predicted molar refractivity (Wildman–Crippen MR) is 148 cm³/mol. The first-order valence-electron chi connectivity index (χ1n) is 11.9. The Hall–Kier alpha value is -3.47. The van der Waals surface area contributed by atoms with Crippen LogP contribution in [-0.4, -0.2) is 65.0 Å². The maximum absolute atomic E-state index is 13.7. The number of ether oxygens (including phenoxy) is 1. The lowest BCUT2D eigenvalue weighted by molar-refractivity contribution is 0.0985. The van der Waals surface area contributed by atoms with Crippen molar-refractivity contribution in [2.24, 2.45) is 0 Å². The van der Waals surface area contributed by atoms with Crippen LogP contribution < -0.4 is 13.9 Å². The standard InChI is InChI=1S/C27H28N4O4S2/c1-29(2)17-18-30(27-28-25-23(35-3)9-6-10-24(25)36-27)26(32)20-11-13-21(14-12-20)37(33,34)31-16-15-19-7-4-5-8-22(19)31/h4-14H,15-18H2,1-3H3. The van der Waals surface area contributed by atoms with Gasteiger partial charge in [0, 0.05) is 25.2 Å². The smallest absolute Gasteiger partial charge is 0.264 e. The van der Waals surface area contributed by atoms with Crippen molar-refractivity contribution in [2.75, 3.05) is 50.0 Å². The largest absolute Gasteiger partial charge is 0.494 e. The van der Waals surface area contributed by atoms with Crippen molar-refractivity contribution >= 4 is 48.3 Å². The van der Waals surface area contributed by atoms with Crippen molar-refractivity contribution in [1.29, 1.82) is 0 Å². The maximum Gasteiger partial charge on any atom is 0.264 e. The van der Waals surface area contributed by atoms with E-state index < -0.39 is 10.0 Å². The first-order valence-corrected chi connectivity index (χ1v) is 14.2. The Labute approximate surface area is 220 Å². The Morgan fingerprint density at radius 2 is 1.78 bits per heavy atom. The molecule has 1 aliphatic heterocycles. The maximum atomic E-state index is 13.7. The van der Waals surface area contributed by atoms with E-state index in [1.165, 1.54) is 27.8 Å². The fourth-order valence-electron chi connectivity index (χ4n) is 4.39. The van der Waals surface area contributed by atoms with E-state index in [0.717, 1.165) is 10.3 Å². The van der Waals surface area contributed by atoms with Gasteiger partial charge < -0.3 is 9.64 Å². The summed E-state index contributed by atoms with van der Waals surface area (Å²) in [6, 6.07) is 19.4. The van der Waals surface area contributed by atoms with E-state index >= 15 is 0 Å². The molecule has 0 bridgehead atoms. The van der Waals surface area contributed by atoms with E-state index in [1.807, 2.05) is 61.5 Å². The summed E-state index contributed by atoms with van der Waals surface area (Å²) in [4.78, 5) is 22.2. The van der Waals surface area contributed by atoms with Crippen LogP contribution in [0.3, 0.4) is 0 Å². The lowest BCUT2D eigenvalue weighted by atomic mass is 10.2. The molecule has 37 heavy (non-hydrogen) atoms. The Kier molecular flexibility index (Phi) is 6.89. The number of nitrogens with zero attached hydrogens (tertiary/aromatic N) is 4. The van der Waals surface area contributed by atoms with E-state index in [9.17, 15) is 13.2 Å². The summed E-state index contributed by atoms with van der Waals surface area (Å²) in [5.74, 6) is 0.411. The number of para-hydroxylation sites is 2. The zero-order valence-corrected chi connectivity index (χ0v) is 22.6. The molecule has 0 saturated heterocycles. The number of hydrogen-bond donors (Lipinski definition) is 0. The average Bonchev–Trinajstić information content (AvgIpc) is 3.53. The van der Waals surface area contributed by atoms with Gasteiger partial charge in [-0.15, -0.1) is 0 Å². The molecule has 0 atom stereocenters. The molecular formula is C27H28N4O4S2. The molecule has 0 aliphatic carbocycles. The van der Waals surface area contributed by atoms with Crippen molar-refractivity contribution in [2.45, 2.75) is 11.3 Å². The first-order chi connectivity index (χ1) is 17.8. The van der Waals surface area contributed by atoms with Crippen LogP contribution in [0.5, 0.6) is 5.75 Å². The predicted octanol–water partition coefficient (Wildman–Crippen LogP) is 4.26. The van der Waals surface area contributed by atoms with Gasteiger partial charge in [0.15, 0.2) is 5.13 Å². The van der Waals surface area contributed by atoms with E-state index in [4.69, 9.17) is 9.72 Å². The third kappa shape index (κ3) is 4.79. The molecular weight excluding hydrogens is 508 g/mol. The van der Waals surface area contributed by atoms with E-state index in [0.29, 0.717) is 53.7 Å². The number of carbonyl (C=O) groups excluding carboxylic acids is 1. The lowest BCUT2D eigenvalue weighted by Crippen LogP contribution is -2.36. The molecule has 0 fully saturated rings. The Morgan fingerprint density at radius 3 is 2.51 bits per heavy atom. The number of rotatable bonds is 8. The van der Waals surface area contributed by atoms with Crippen molar-refractivity contribution in [3.63, 3.8) is 0 Å². The van der Waals surface area contributed by atoms with Gasteiger partial charge in [0.25, 0.3) is 15.9 Å². The second-order valence-electron chi connectivity index (χ2n) is 9.04. The summed E-state index contributed by atoms with van der Waals surface area (Å²) < 4.78 is 34.6. The molecule has 3 aromatic carbocycles. The van der Waals surface area contributed by atoms with Crippen LogP contribution in [0.1, 0.15) is 15.9 Å². The van der Waals surface area contributed by atoms with Gasteiger partial charge >= 0.3 is 0 Å². The highest BCUT2D eigenvalue weighted by molar-refractivity contribution is 7.92. The molecule has 1 amide bonds. The number of carbonyl (C=O) groups is 1. The van der Waals surface area contributed by atoms with Crippen molar-refractivity contribution in [3.8, 4) is 5.75 Å². The Morgan fingerprint density at radius 1 is 1.03 bits per heavy atom. The molecule has 0 unspecified atom stereocenters. The Bertz CT molecular complexity index is 1550.